The van der Waals surface area contributed by atoms with E-state index in [0.29, 0.717) is 17.7 Å². The average molecular weight is 405 g/mol. The summed E-state index contributed by atoms with van der Waals surface area (Å²) in [5.74, 6) is 0. The molecular weight excluding hydrogens is 382 g/mol. The molecule has 0 amide bonds. The van der Waals surface area contributed by atoms with Crippen molar-refractivity contribution < 1.29 is 25.2 Å². The van der Waals surface area contributed by atoms with E-state index in [2.05, 4.69) is 29.1 Å². The van der Waals surface area contributed by atoms with Crippen LogP contribution in [0.3, 0.4) is 0 Å². The maximum absolute atomic E-state index is 10.5. The molecule has 5 atom stereocenters. The molecule has 2 aliphatic carbocycles. The van der Waals surface area contributed by atoms with Gasteiger partial charge in [-0.05, 0) is 34.2 Å². The number of benzene rings is 1. The van der Waals surface area contributed by atoms with E-state index in [9.17, 15) is 20.4 Å². The van der Waals surface area contributed by atoms with E-state index in [4.69, 9.17) is 11.3 Å². The minimum atomic E-state index is -1.48. The van der Waals surface area contributed by atoms with Crippen molar-refractivity contribution in [3.63, 3.8) is 0 Å². The van der Waals surface area contributed by atoms with Crippen LogP contribution in [0.15, 0.2) is 60.7 Å². The lowest BCUT2D eigenvalue weighted by Crippen LogP contribution is -2.55. The van der Waals surface area contributed by atoms with Crippen LogP contribution in [-0.2, 0) is 11.2 Å². The molecular formula is C24H23NO5. The SMILES string of the molecule is [C-]#[N+]c1ccc(Cc2cc3cccccc-3c2)cc1[C@@H]1O[C@H](CO)[C@@H](O)[C@H](O)[C@H]1O. The molecule has 0 bridgehead atoms. The summed E-state index contributed by atoms with van der Waals surface area (Å²) < 4.78 is 5.67. The number of hydrogen-bond donors (Lipinski definition) is 4. The fraction of sp³-hybridized carbons (Fsp3) is 0.292. The van der Waals surface area contributed by atoms with Gasteiger partial charge >= 0.3 is 0 Å². The van der Waals surface area contributed by atoms with Gasteiger partial charge in [0.25, 0.3) is 0 Å². The van der Waals surface area contributed by atoms with E-state index in [0.717, 1.165) is 22.3 Å². The van der Waals surface area contributed by atoms with E-state index in [1.54, 1.807) is 12.1 Å². The third-order valence-corrected chi connectivity index (χ3v) is 5.61. The van der Waals surface area contributed by atoms with Crippen molar-refractivity contribution in [2.45, 2.75) is 36.9 Å². The van der Waals surface area contributed by atoms with Gasteiger partial charge in [0.2, 0.25) is 0 Å². The summed E-state index contributed by atoms with van der Waals surface area (Å²) in [5, 5.41) is 40.1. The number of nitrogens with zero attached hydrogens (tertiary/aromatic N) is 1. The fourth-order valence-corrected chi connectivity index (χ4v) is 4.02. The quantitative estimate of drug-likeness (QED) is 0.500. The Hall–Kier alpha value is -2.79. The van der Waals surface area contributed by atoms with Gasteiger partial charge in [-0.1, -0.05) is 60.7 Å². The minimum absolute atomic E-state index is 0.294. The molecule has 6 nitrogen and oxygen atoms in total. The van der Waals surface area contributed by atoms with E-state index in [1.807, 2.05) is 24.3 Å². The van der Waals surface area contributed by atoms with Gasteiger partial charge in [-0.3, -0.25) is 0 Å². The molecule has 6 heteroatoms. The van der Waals surface area contributed by atoms with Crippen molar-refractivity contribution in [1.29, 1.82) is 0 Å². The summed E-state index contributed by atoms with van der Waals surface area (Å²) in [6.45, 7) is 6.96. The number of fused-ring (bicyclic) bond motifs is 1. The maximum atomic E-state index is 10.5. The standard InChI is InChI=1S/C24H23NO5/c1-25-19-8-7-14(9-15-10-16-5-3-2-4-6-17(16)11-15)12-18(19)24-23(29)22(28)21(27)20(13-26)30-24/h2-8,10-12,20-24,26-29H,9,13H2/t20-,21-,22+,23-,24+/m1/s1. The van der Waals surface area contributed by atoms with Gasteiger partial charge in [-0.15, -0.1) is 0 Å². The van der Waals surface area contributed by atoms with E-state index >= 15 is 0 Å². The lowest BCUT2D eigenvalue weighted by Gasteiger charge is -2.40. The van der Waals surface area contributed by atoms with Gasteiger partial charge in [-0.25, -0.2) is 4.85 Å². The Morgan fingerprint density at radius 3 is 2.17 bits per heavy atom. The van der Waals surface area contributed by atoms with Gasteiger partial charge in [0.15, 0.2) is 5.69 Å². The highest BCUT2D eigenvalue weighted by atomic mass is 16.5. The highest BCUT2D eigenvalue weighted by Gasteiger charge is 2.44. The summed E-state index contributed by atoms with van der Waals surface area (Å²) in [6, 6.07) is 19.6. The Bertz CT molecular complexity index is 1010. The fourth-order valence-electron chi connectivity index (χ4n) is 4.02. The van der Waals surface area contributed by atoms with Crippen LogP contribution < -0.4 is 0 Å². The molecule has 1 fully saturated rings. The Labute approximate surface area is 174 Å². The van der Waals surface area contributed by atoms with Crippen molar-refractivity contribution in [1.82, 2.24) is 0 Å². The average Bonchev–Trinajstić information content (AvgIpc) is 3.00. The number of aliphatic hydroxyl groups excluding tert-OH is 4. The molecule has 4 rings (SSSR count). The second-order valence-corrected chi connectivity index (χ2v) is 7.62. The molecule has 1 saturated heterocycles. The lowest BCUT2D eigenvalue weighted by atomic mass is 9.89. The van der Waals surface area contributed by atoms with Crippen LogP contribution in [-0.4, -0.2) is 51.4 Å². The molecule has 30 heavy (non-hydrogen) atoms. The number of hydrogen-bond acceptors (Lipinski definition) is 5. The zero-order valence-electron chi connectivity index (χ0n) is 16.2. The highest BCUT2D eigenvalue weighted by molar-refractivity contribution is 5.68. The number of rotatable bonds is 4. The summed E-state index contributed by atoms with van der Waals surface area (Å²) in [5.41, 5.74) is 5.05. The van der Waals surface area contributed by atoms with Crippen LogP contribution in [0.4, 0.5) is 5.69 Å². The van der Waals surface area contributed by atoms with E-state index < -0.39 is 37.1 Å². The normalized spacial score (nSPS) is 26.4. The zero-order chi connectivity index (χ0) is 21.3. The van der Waals surface area contributed by atoms with Gasteiger partial charge in [0, 0.05) is 0 Å². The molecule has 0 spiro atoms. The number of aliphatic hydroxyl groups is 4. The summed E-state index contributed by atoms with van der Waals surface area (Å²) in [4.78, 5) is 3.52. The van der Waals surface area contributed by atoms with Crippen LogP contribution in [0.1, 0.15) is 22.8 Å². The van der Waals surface area contributed by atoms with Crippen LogP contribution in [0.5, 0.6) is 0 Å². The predicted molar refractivity (Wildman–Crippen MR) is 111 cm³/mol. The largest absolute Gasteiger partial charge is 0.394 e. The van der Waals surface area contributed by atoms with Gasteiger partial charge in [0.1, 0.15) is 30.5 Å². The summed E-state index contributed by atoms with van der Waals surface area (Å²) in [7, 11) is 0. The van der Waals surface area contributed by atoms with E-state index in [-0.39, 0.29) is 0 Å². The second-order valence-electron chi connectivity index (χ2n) is 7.62. The van der Waals surface area contributed by atoms with Crippen LogP contribution in [0.2, 0.25) is 0 Å². The first-order chi connectivity index (χ1) is 14.5. The van der Waals surface area contributed by atoms with Gasteiger partial charge < -0.3 is 25.2 Å². The van der Waals surface area contributed by atoms with E-state index in [1.165, 1.54) is 0 Å². The first-order valence-corrected chi connectivity index (χ1v) is 9.80. The topological polar surface area (TPSA) is 94.5 Å². The first-order valence-electron chi connectivity index (χ1n) is 9.80. The lowest BCUT2D eigenvalue weighted by molar-refractivity contribution is -0.231. The molecule has 154 valence electrons. The molecule has 3 aliphatic rings. The van der Waals surface area contributed by atoms with Crippen molar-refractivity contribution in [3.05, 3.63) is 88.8 Å². The zero-order valence-corrected chi connectivity index (χ0v) is 16.2. The van der Waals surface area contributed by atoms with Gasteiger partial charge in [-0.2, -0.15) is 0 Å². The molecule has 0 unspecified atom stereocenters. The molecule has 4 N–H and O–H groups in total. The van der Waals surface area contributed by atoms with Crippen LogP contribution in [0, 0.1) is 6.57 Å². The summed E-state index contributed by atoms with van der Waals surface area (Å²) in [6.07, 6.45) is -5.75. The molecule has 0 saturated carbocycles. The van der Waals surface area contributed by atoms with Crippen molar-refractivity contribution >= 4 is 5.69 Å². The van der Waals surface area contributed by atoms with Crippen molar-refractivity contribution in [2.24, 2.45) is 0 Å². The smallest absolute Gasteiger partial charge is 0.193 e. The molecule has 0 aromatic heterocycles. The molecule has 0 radical (unpaired) electrons. The molecule has 1 aliphatic heterocycles. The molecule has 1 aromatic rings. The Balaban J connectivity index is 1.67. The summed E-state index contributed by atoms with van der Waals surface area (Å²) >= 11 is 0. The van der Waals surface area contributed by atoms with Crippen LogP contribution >= 0.6 is 0 Å². The van der Waals surface area contributed by atoms with Crippen molar-refractivity contribution in [3.8, 4) is 11.1 Å². The molecule has 1 heterocycles. The highest BCUT2D eigenvalue weighted by Crippen LogP contribution is 2.38. The monoisotopic (exact) mass is 405 g/mol. The number of ether oxygens (including phenoxy) is 1. The first kappa shape index (κ1) is 20.5. The predicted octanol–water partition coefficient (Wildman–Crippen LogP) is 2.45. The third-order valence-electron chi connectivity index (χ3n) is 5.61. The second kappa shape index (κ2) is 8.52. The van der Waals surface area contributed by atoms with Crippen LogP contribution in [0.25, 0.3) is 16.0 Å². The van der Waals surface area contributed by atoms with Crippen molar-refractivity contribution in [2.75, 3.05) is 6.61 Å². The Morgan fingerprint density at radius 2 is 1.53 bits per heavy atom. The minimum Gasteiger partial charge on any atom is -0.394 e. The Kier molecular flexibility index (Phi) is 5.82. The third kappa shape index (κ3) is 3.82. The van der Waals surface area contributed by atoms with Gasteiger partial charge in [0.05, 0.1) is 13.2 Å². The maximum Gasteiger partial charge on any atom is 0.193 e. The Morgan fingerprint density at radius 1 is 0.833 bits per heavy atom. The molecule has 1 aromatic carbocycles.